The molecule has 0 amide bonds. The largest absolute Gasteiger partial charge is 0.507 e. The lowest BCUT2D eigenvalue weighted by Crippen LogP contribution is -2.10. The summed E-state index contributed by atoms with van der Waals surface area (Å²) in [6.45, 7) is 6.30. The Morgan fingerprint density at radius 3 is 2.69 bits per heavy atom. The lowest BCUT2D eigenvalue weighted by molar-refractivity contribution is 0.0455. The van der Waals surface area contributed by atoms with Crippen LogP contribution in [0, 0.1) is 5.92 Å². The molecule has 0 saturated heterocycles. The smallest absolute Gasteiger partial charge is 0.341 e. The van der Waals surface area contributed by atoms with E-state index in [-0.39, 0.29) is 11.3 Å². The molecule has 1 N–H and O–H groups in total. The number of aromatic hydroxyl groups is 1. The average Bonchev–Trinajstić information content (AvgIpc) is 2.26. The second kappa shape index (κ2) is 5.54. The van der Waals surface area contributed by atoms with Crippen LogP contribution in [-0.2, 0) is 11.2 Å². The molecule has 0 aliphatic carbocycles. The van der Waals surface area contributed by atoms with Crippen LogP contribution in [-0.4, -0.2) is 17.7 Å². The fourth-order valence-corrected chi connectivity index (χ4v) is 1.29. The summed E-state index contributed by atoms with van der Waals surface area (Å²) in [5.41, 5.74) is 1.26. The fourth-order valence-electron chi connectivity index (χ4n) is 1.29. The van der Waals surface area contributed by atoms with E-state index in [0.717, 1.165) is 12.0 Å². The Morgan fingerprint density at radius 2 is 2.12 bits per heavy atom. The maximum atomic E-state index is 11.7. The molecule has 0 spiro atoms. The topological polar surface area (TPSA) is 46.5 Å². The lowest BCUT2D eigenvalue weighted by atomic mass is 10.1. The van der Waals surface area contributed by atoms with Gasteiger partial charge in [0, 0.05) is 0 Å². The monoisotopic (exact) mass is 222 g/mol. The van der Waals surface area contributed by atoms with Crippen LogP contribution in [0.1, 0.15) is 36.7 Å². The number of esters is 1. The highest BCUT2D eigenvalue weighted by molar-refractivity contribution is 5.92. The quantitative estimate of drug-likeness (QED) is 0.797. The predicted octanol–water partition coefficient (Wildman–Crippen LogP) is 2.77. The fraction of sp³-hybridized carbons (Fsp3) is 0.462. The molecule has 1 aromatic rings. The van der Waals surface area contributed by atoms with E-state index < -0.39 is 5.97 Å². The number of carbonyl (C=O) groups is 1. The molecule has 0 aliphatic rings. The van der Waals surface area contributed by atoms with Crippen LogP contribution in [0.2, 0.25) is 0 Å². The molecule has 0 unspecified atom stereocenters. The number of hydrogen-bond acceptors (Lipinski definition) is 3. The number of phenols is 1. The van der Waals surface area contributed by atoms with Gasteiger partial charge in [-0.25, -0.2) is 4.79 Å². The first-order chi connectivity index (χ1) is 7.54. The van der Waals surface area contributed by atoms with Crippen molar-refractivity contribution in [2.24, 2.45) is 5.92 Å². The van der Waals surface area contributed by atoms with Gasteiger partial charge in [0.2, 0.25) is 0 Å². The van der Waals surface area contributed by atoms with Gasteiger partial charge in [0.25, 0.3) is 0 Å². The van der Waals surface area contributed by atoms with Gasteiger partial charge in [-0.1, -0.05) is 26.8 Å². The third kappa shape index (κ3) is 3.26. The molecular formula is C13H18O3. The predicted molar refractivity (Wildman–Crippen MR) is 62.6 cm³/mol. The zero-order chi connectivity index (χ0) is 12.1. The van der Waals surface area contributed by atoms with Crippen molar-refractivity contribution in [2.45, 2.75) is 27.2 Å². The van der Waals surface area contributed by atoms with E-state index in [1.165, 1.54) is 6.07 Å². The van der Waals surface area contributed by atoms with E-state index in [9.17, 15) is 9.90 Å². The highest BCUT2D eigenvalue weighted by Crippen LogP contribution is 2.20. The number of benzene rings is 1. The van der Waals surface area contributed by atoms with Crippen LogP contribution >= 0.6 is 0 Å². The molecular weight excluding hydrogens is 204 g/mol. The summed E-state index contributed by atoms with van der Waals surface area (Å²) >= 11 is 0. The van der Waals surface area contributed by atoms with Gasteiger partial charge in [0.05, 0.1) is 6.61 Å². The summed E-state index contributed by atoms with van der Waals surface area (Å²) in [6, 6.07) is 5.01. The molecule has 0 saturated carbocycles. The Morgan fingerprint density at radius 1 is 1.44 bits per heavy atom. The number of aryl methyl sites for hydroxylation is 1. The normalized spacial score (nSPS) is 10.5. The minimum atomic E-state index is -0.457. The van der Waals surface area contributed by atoms with Crippen molar-refractivity contribution < 1.29 is 14.6 Å². The van der Waals surface area contributed by atoms with Gasteiger partial charge in [-0.3, -0.25) is 0 Å². The van der Waals surface area contributed by atoms with Crippen LogP contribution in [0.3, 0.4) is 0 Å². The average molecular weight is 222 g/mol. The molecule has 0 aliphatic heterocycles. The van der Waals surface area contributed by atoms with E-state index in [0.29, 0.717) is 12.5 Å². The first-order valence-corrected chi connectivity index (χ1v) is 5.53. The summed E-state index contributed by atoms with van der Waals surface area (Å²) < 4.78 is 5.07. The van der Waals surface area contributed by atoms with E-state index in [1.807, 2.05) is 20.8 Å². The standard InChI is InChI=1S/C13H18O3/c1-4-10-5-6-12(14)11(7-10)13(15)16-8-9(2)3/h5-7,9,14H,4,8H2,1-3H3. The number of carbonyl (C=O) groups excluding carboxylic acids is 1. The molecule has 0 aromatic heterocycles. The van der Waals surface area contributed by atoms with E-state index in [1.54, 1.807) is 12.1 Å². The maximum absolute atomic E-state index is 11.7. The van der Waals surface area contributed by atoms with Crippen LogP contribution in [0.4, 0.5) is 0 Å². The summed E-state index contributed by atoms with van der Waals surface area (Å²) in [4.78, 5) is 11.7. The molecule has 1 aromatic carbocycles. The first kappa shape index (κ1) is 12.6. The molecule has 0 atom stereocenters. The third-order valence-electron chi connectivity index (χ3n) is 2.24. The van der Waals surface area contributed by atoms with Gasteiger partial charge in [-0.15, -0.1) is 0 Å². The number of phenolic OH excluding ortho intramolecular Hbond substituents is 1. The molecule has 0 fully saturated rings. The van der Waals surface area contributed by atoms with Gasteiger partial charge in [0.15, 0.2) is 0 Å². The van der Waals surface area contributed by atoms with Crippen molar-refractivity contribution in [2.75, 3.05) is 6.61 Å². The molecule has 16 heavy (non-hydrogen) atoms. The van der Waals surface area contributed by atoms with Gasteiger partial charge in [0.1, 0.15) is 11.3 Å². The minimum Gasteiger partial charge on any atom is -0.507 e. The molecule has 1 rings (SSSR count). The van der Waals surface area contributed by atoms with Gasteiger partial charge in [-0.2, -0.15) is 0 Å². The van der Waals surface area contributed by atoms with Crippen LogP contribution in [0.15, 0.2) is 18.2 Å². The summed E-state index contributed by atoms with van der Waals surface area (Å²) in [5.74, 6) is -0.187. The summed E-state index contributed by atoms with van der Waals surface area (Å²) in [7, 11) is 0. The molecule has 0 bridgehead atoms. The number of rotatable bonds is 4. The van der Waals surface area contributed by atoms with Gasteiger partial charge >= 0.3 is 5.97 Å². The second-order valence-electron chi connectivity index (χ2n) is 4.20. The molecule has 3 nitrogen and oxygen atoms in total. The van der Waals surface area contributed by atoms with E-state index >= 15 is 0 Å². The minimum absolute atomic E-state index is 0.0223. The molecule has 0 heterocycles. The highest BCUT2D eigenvalue weighted by Gasteiger charge is 2.13. The van der Waals surface area contributed by atoms with Crippen molar-refractivity contribution in [3.8, 4) is 5.75 Å². The Kier molecular flexibility index (Phi) is 4.35. The highest BCUT2D eigenvalue weighted by atomic mass is 16.5. The van der Waals surface area contributed by atoms with Crippen molar-refractivity contribution in [3.63, 3.8) is 0 Å². The van der Waals surface area contributed by atoms with Gasteiger partial charge < -0.3 is 9.84 Å². The zero-order valence-corrected chi connectivity index (χ0v) is 9.99. The Hall–Kier alpha value is -1.51. The SMILES string of the molecule is CCc1ccc(O)c(C(=O)OCC(C)C)c1. The Labute approximate surface area is 96.1 Å². The lowest BCUT2D eigenvalue weighted by Gasteiger charge is -2.09. The Bertz CT molecular complexity index is 369. The number of hydrogen-bond donors (Lipinski definition) is 1. The third-order valence-corrected chi connectivity index (χ3v) is 2.24. The maximum Gasteiger partial charge on any atom is 0.341 e. The van der Waals surface area contributed by atoms with E-state index in [4.69, 9.17) is 4.74 Å². The van der Waals surface area contributed by atoms with Crippen LogP contribution in [0.5, 0.6) is 5.75 Å². The molecule has 88 valence electrons. The molecule has 3 heteroatoms. The van der Waals surface area contributed by atoms with Crippen molar-refractivity contribution in [3.05, 3.63) is 29.3 Å². The summed E-state index contributed by atoms with van der Waals surface area (Å²) in [5, 5.41) is 9.57. The second-order valence-corrected chi connectivity index (χ2v) is 4.20. The molecule has 0 radical (unpaired) electrons. The van der Waals surface area contributed by atoms with Crippen molar-refractivity contribution in [1.82, 2.24) is 0 Å². The van der Waals surface area contributed by atoms with Crippen LogP contribution < -0.4 is 0 Å². The van der Waals surface area contributed by atoms with Crippen LogP contribution in [0.25, 0.3) is 0 Å². The van der Waals surface area contributed by atoms with Gasteiger partial charge in [-0.05, 0) is 30.0 Å². The van der Waals surface area contributed by atoms with E-state index in [2.05, 4.69) is 0 Å². The van der Waals surface area contributed by atoms with Crippen molar-refractivity contribution in [1.29, 1.82) is 0 Å². The first-order valence-electron chi connectivity index (χ1n) is 5.53. The Balaban J connectivity index is 2.81. The zero-order valence-electron chi connectivity index (χ0n) is 9.99. The number of ether oxygens (including phenoxy) is 1. The summed E-state index contributed by atoms with van der Waals surface area (Å²) in [6.07, 6.45) is 0.824. The van der Waals surface area contributed by atoms with Crippen molar-refractivity contribution >= 4 is 5.97 Å².